The van der Waals surface area contributed by atoms with Gasteiger partial charge in [0.2, 0.25) is 5.91 Å². The fourth-order valence-electron chi connectivity index (χ4n) is 1.25. The lowest BCUT2D eigenvalue weighted by Gasteiger charge is -2.33. The molecule has 1 saturated carbocycles. The van der Waals surface area contributed by atoms with Crippen LogP contribution >= 0.6 is 0 Å². The quantitative estimate of drug-likeness (QED) is 0.680. The van der Waals surface area contributed by atoms with Gasteiger partial charge in [0.25, 0.3) is 0 Å². The fourth-order valence-corrected chi connectivity index (χ4v) is 1.25. The second-order valence-corrected chi connectivity index (χ2v) is 2.99. The van der Waals surface area contributed by atoms with Crippen LogP contribution in [0.25, 0.3) is 0 Å². The van der Waals surface area contributed by atoms with Gasteiger partial charge >= 0.3 is 0 Å². The Morgan fingerprint density at radius 3 is 2.67 bits per heavy atom. The largest absolute Gasteiger partial charge is 0.352 e. The minimum atomic E-state index is -0.838. The van der Waals surface area contributed by atoms with E-state index in [2.05, 4.69) is 5.32 Å². The van der Waals surface area contributed by atoms with Gasteiger partial charge in [0.05, 0.1) is 6.07 Å². The zero-order valence-electron chi connectivity index (χ0n) is 6.77. The molecule has 1 N–H and O–H groups in total. The van der Waals surface area contributed by atoms with E-state index in [1.54, 1.807) is 0 Å². The number of hydrogen-bond acceptors (Lipinski definition) is 2. The summed E-state index contributed by atoms with van der Waals surface area (Å²) in [6.45, 7) is -0.560. The van der Waals surface area contributed by atoms with Crippen LogP contribution in [0.1, 0.15) is 19.3 Å². The third kappa shape index (κ3) is 1.40. The Labute approximate surface area is 70.6 Å². The standard InChI is InChI=1S/C8H11FN2O/c9-4-5-11-7(12)8(6-10)2-1-3-8/h1-5H2,(H,11,12). The lowest BCUT2D eigenvalue weighted by atomic mass is 9.69. The third-order valence-electron chi connectivity index (χ3n) is 2.24. The highest BCUT2D eigenvalue weighted by atomic mass is 19.1. The monoisotopic (exact) mass is 170 g/mol. The molecule has 1 amide bonds. The van der Waals surface area contributed by atoms with Crippen LogP contribution in [-0.4, -0.2) is 19.1 Å². The maximum Gasteiger partial charge on any atom is 0.240 e. The van der Waals surface area contributed by atoms with Crippen molar-refractivity contribution in [3.63, 3.8) is 0 Å². The van der Waals surface area contributed by atoms with Crippen molar-refractivity contribution in [2.45, 2.75) is 19.3 Å². The molecule has 0 aromatic rings. The zero-order chi connectivity index (χ0) is 9.03. The van der Waals surface area contributed by atoms with Crippen molar-refractivity contribution in [2.24, 2.45) is 5.41 Å². The molecule has 12 heavy (non-hydrogen) atoms. The van der Waals surface area contributed by atoms with Crippen LogP contribution in [-0.2, 0) is 4.79 Å². The Bertz CT molecular complexity index is 218. The number of rotatable bonds is 3. The Morgan fingerprint density at radius 1 is 1.67 bits per heavy atom. The number of hydrogen-bond donors (Lipinski definition) is 1. The SMILES string of the molecule is N#CC1(C(=O)NCCF)CCC1. The van der Waals surface area contributed by atoms with Gasteiger partial charge in [-0.1, -0.05) is 0 Å². The molecule has 0 spiro atoms. The molecule has 0 radical (unpaired) electrons. The van der Waals surface area contributed by atoms with Crippen molar-refractivity contribution in [3.05, 3.63) is 0 Å². The molecule has 0 atom stereocenters. The first kappa shape index (κ1) is 8.98. The van der Waals surface area contributed by atoms with E-state index in [1.807, 2.05) is 6.07 Å². The molecule has 1 aliphatic carbocycles. The molecule has 0 aromatic carbocycles. The number of nitrogens with one attached hydrogen (secondary N) is 1. The molecule has 1 fully saturated rings. The molecule has 0 bridgehead atoms. The summed E-state index contributed by atoms with van der Waals surface area (Å²) in [4.78, 5) is 11.2. The molecule has 0 unspecified atom stereocenters. The number of amides is 1. The van der Waals surface area contributed by atoms with Crippen LogP contribution in [0.2, 0.25) is 0 Å². The molecule has 0 heterocycles. The van der Waals surface area contributed by atoms with Gasteiger partial charge in [0, 0.05) is 6.54 Å². The Balaban J connectivity index is 2.45. The summed E-state index contributed by atoms with van der Waals surface area (Å²) in [7, 11) is 0. The van der Waals surface area contributed by atoms with Gasteiger partial charge in [-0.25, -0.2) is 4.39 Å². The molecule has 1 aliphatic rings. The first-order valence-corrected chi connectivity index (χ1v) is 4.01. The van der Waals surface area contributed by atoms with Gasteiger partial charge in [-0.2, -0.15) is 5.26 Å². The van der Waals surface area contributed by atoms with Gasteiger partial charge in [0.1, 0.15) is 12.1 Å². The first-order valence-electron chi connectivity index (χ1n) is 4.01. The molecular formula is C8H11FN2O. The minimum Gasteiger partial charge on any atom is -0.352 e. The average molecular weight is 170 g/mol. The summed E-state index contributed by atoms with van der Waals surface area (Å²) in [6.07, 6.45) is 2.14. The van der Waals surface area contributed by atoms with E-state index in [0.29, 0.717) is 12.8 Å². The highest BCUT2D eigenvalue weighted by Gasteiger charge is 2.44. The van der Waals surface area contributed by atoms with Crippen molar-refractivity contribution in [2.75, 3.05) is 13.2 Å². The van der Waals surface area contributed by atoms with Gasteiger partial charge in [-0.15, -0.1) is 0 Å². The number of nitrogens with zero attached hydrogens (tertiary/aromatic N) is 1. The van der Waals surface area contributed by atoms with Crippen molar-refractivity contribution in [3.8, 4) is 6.07 Å². The smallest absolute Gasteiger partial charge is 0.240 e. The topological polar surface area (TPSA) is 52.9 Å². The van der Waals surface area contributed by atoms with E-state index < -0.39 is 12.1 Å². The summed E-state index contributed by atoms with van der Waals surface area (Å²) in [5.74, 6) is -0.311. The number of nitriles is 1. The predicted molar refractivity (Wildman–Crippen MR) is 40.9 cm³/mol. The summed E-state index contributed by atoms with van der Waals surface area (Å²) in [5, 5.41) is 11.1. The molecule has 4 heteroatoms. The molecule has 1 rings (SSSR count). The van der Waals surface area contributed by atoms with Crippen molar-refractivity contribution in [1.82, 2.24) is 5.32 Å². The van der Waals surface area contributed by atoms with Crippen molar-refractivity contribution < 1.29 is 9.18 Å². The van der Waals surface area contributed by atoms with Gasteiger partial charge in [0.15, 0.2) is 0 Å². The number of carbonyl (C=O) groups is 1. The maximum absolute atomic E-state index is 11.7. The van der Waals surface area contributed by atoms with E-state index in [0.717, 1.165) is 6.42 Å². The van der Waals surface area contributed by atoms with E-state index >= 15 is 0 Å². The average Bonchev–Trinajstić information content (AvgIpc) is 2.00. The van der Waals surface area contributed by atoms with Crippen LogP contribution in [0.5, 0.6) is 0 Å². The molecule has 0 aromatic heterocycles. The highest BCUT2D eigenvalue weighted by molar-refractivity contribution is 5.86. The van der Waals surface area contributed by atoms with Crippen molar-refractivity contribution >= 4 is 5.91 Å². The Kier molecular flexibility index (Phi) is 2.64. The minimum absolute atomic E-state index is 0.0161. The van der Waals surface area contributed by atoms with E-state index in [1.165, 1.54) is 0 Å². The molecule has 66 valence electrons. The zero-order valence-corrected chi connectivity index (χ0v) is 6.77. The number of halogens is 1. The van der Waals surface area contributed by atoms with Gasteiger partial charge in [-0.3, -0.25) is 4.79 Å². The molecule has 0 aliphatic heterocycles. The summed E-state index contributed by atoms with van der Waals surface area (Å²) in [5.41, 5.74) is -0.838. The number of carbonyl (C=O) groups excluding carboxylic acids is 1. The van der Waals surface area contributed by atoms with Crippen LogP contribution < -0.4 is 5.32 Å². The van der Waals surface area contributed by atoms with Crippen LogP contribution in [0.15, 0.2) is 0 Å². The Morgan fingerprint density at radius 2 is 2.33 bits per heavy atom. The Hall–Kier alpha value is -1.11. The second-order valence-electron chi connectivity index (χ2n) is 2.99. The van der Waals surface area contributed by atoms with Crippen LogP contribution in [0.3, 0.4) is 0 Å². The summed E-state index contributed by atoms with van der Waals surface area (Å²) < 4.78 is 11.7. The van der Waals surface area contributed by atoms with E-state index in [4.69, 9.17) is 5.26 Å². The highest BCUT2D eigenvalue weighted by Crippen LogP contribution is 2.40. The third-order valence-corrected chi connectivity index (χ3v) is 2.24. The van der Waals surface area contributed by atoms with Crippen LogP contribution in [0.4, 0.5) is 4.39 Å². The molecule has 0 saturated heterocycles. The summed E-state index contributed by atoms with van der Waals surface area (Å²) in [6, 6.07) is 1.99. The fraction of sp³-hybridized carbons (Fsp3) is 0.750. The van der Waals surface area contributed by atoms with Gasteiger partial charge < -0.3 is 5.32 Å². The summed E-state index contributed by atoms with van der Waals surface area (Å²) >= 11 is 0. The predicted octanol–water partition coefficient (Wildman–Crippen LogP) is 0.766. The van der Waals surface area contributed by atoms with E-state index in [9.17, 15) is 9.18 Å². The normalized spacial score (nSPS) is 19.0. The number of alkyl halides is 1. The lowest BCUT2D eigenvalue weighted by Crippen LogP contribution is -2.45. The van der Waals surface area contributed by atoms with E-state index in [-0.39, 0.29) is 12.5 Å². The van der Waals surface area contributed by atoms with Gasteiger partial charge in [-0.05, 0) is 19.3 Å². The second kappa shape index (κ2) is 3.53. The molecule has 3 nitrogen and oxygen atoms in total. The lowest BCUT2D eigenvalue weighted by molar-refractivity contribution is -0.131. The van der Waals surface area contributed by atoms with Crippen molar-refractivity contribution in [1.29, 1.82) is 5.26 Å². The van der Waals surface area contributed by atoms with Crippen LogP contribution in [0, 0.1) is 16.7 Å². The molecular weight excluding hydrogens is 159 g/mol. The first-order chi connectivity index (χ1) is 5.75. The maximum atomic E-state index is 11.7.